The lowest BCUT2D eigenvalue weighted by molar-refractivity contribution is 0.177. The molecule has 1 fully saturated rings. The van der Waals surface area contributed by atoms with Crippen LogP contribution in [0.5, 0.6) is 0 Å². The minimum absolute atomic E-state index is 0. The normalized spacial score (nSPS) is 29.1. The molecule has 0 radical (unpaired) electrons. The number of hydrogen-bond acceptors (Lipinski definition) is 0. The second kappa shape index (κ2) is 5.67. The van der Waals surface area contributed by atoms with Crippen LogP contribution in [-0.4, -0.2) is 0 Å². The first-order valence-electron chi connectivity index (χ1n) is 5.61. The fourth-order valence-electron chi connectivity index (χ4n) is 2.48. The highest BCUT2D eigenvalue weighted by atomic mass is 14.3. The molecule has 0 heteroatoms. The van der Waals surface area contributed by atoms with E-state index in [0.717, 1.165) is 23.7 Å². The number of hydrogen-bond donors (Lipinski definition) is 0. The Labute approximate surface area is 85.1 Å². The van der Waals surface area contributed by atoms with Gasteiger partial charge in [-0.1, -0.05) is 54.4 Å². The van der Waals surface area contributed by atoms with Crippen molar-refractivity contribution in [3.05, 3.63) is 0 Å². The van der Waals surface area contributed by atoms with Gasteiger partial charge in [0.25, 0.3) is 0 Å². The summed E-state index contributed by atoms with van der Waals surface area (Å²) in [6.07, 6.45) is 5.95. The summed E-state index contributed by atoms with van der Waals surface area (Å²) in [7, 11) is 0. The lowest BCUT2D eigenvalue weighted by atomic mass is 9.72. The molecule has 1 saturated carbocycles. The molecule has 1 aliphatic rings. The van der Waals surface area contributed by atoms with Crippen molar-refractivity contribution in [2.75, 3.05) is 0 Å². The van der Waals surface area contributed by atoms with Gasteiger partial charge in [0.05, 0.1) is 0 Å². The highest BCUT2D eigenvalue weighted by Crippen LogP contribution is 2.36. The van der Waals surface area contributed by atoms with Crippen molar-refractivity contribution in [3.63, 3.8) is 0 Å². The average Bonchev–Trinajstić information content (AvgIpc) is 2.04. The fraction of sp³-hybridized carbons (Fsp3) is 1.00. The van der Waals surface area contributed by atoms with Crippen LogP contribution in [0.4, 0.5) is 0 Å². The largest absolute Gasteiger partial charge is 0.0776 e. The molecule has 1 aliphatic carbocycles. The molecule has 0 aromatic carbocycles. The second-order valence-corrected chi connectivity index (χ2v) is 5.17. The Balaban J connectivity index is 0.00000144. The minimum atomic E-state index is 0. The molecule has 0 amide bonds. The van der Waals surface area contributed by atoms with E-state index in [-0.39, 0.29) is 7.43 Å². The SMILES string of the molecule is C.CC(C)C1CCCC(C(C)C)C1. The van der Waals surface area contributed by atoms with Gasteiger partial charge in [-0.15, -0.1) is 0 Å². The van der Waals surface area contributed by atoms with Crippen molar-refractivity contribution in [2.45, 2.75) is 60.8 Å². The van der Waals surface area contributed by atoms with Crippen molar-refractivity contribution in [3.8, 4) is 0 Å². The van der Waals surface area contributed by atoms with E-state index in [1.54, 1.807) is 0 Å². The first kappa shape index (κ1) is 13.0. The van der Waals surface area contributed by atoms with Gasteiger partial charge in [0.2, 0.25) is 0 Å². The van der Waals surface area contributed by atoms with E-state index >= 15 is 0 Å². The van der Waals surface area contributed by atoms with Gasteiger partial charge in [0, 0.05) is 0 Å². The molecule has 0 saturated heterocycles. The van der Waals surface area contributed by atoms with E-state index in [4.69, 9.17) is 0 Å². The summed E-state index contributed by atoms with van der Waals surface area (Å²) in [6, 6.07) is 0. The molecule has 2 unspecified atom stereocenters. The molecule has 0 spiro atoms. The van der Waals surface area contributed by atoms with Crippen LogP contribution in [0.2, 0.25) is 0 Å². The third-order valence-corrected chi connectivity index (χ3v) is 3.64. The Morgan fingerprint density at radius 3 is 1.54 bits per heavy atom. The molecule has 0 bridgehead atoms. The van der Waals surface area contributed by atoms with E-state index in [1.165, 1.54) is 25.7 Å². The Morgan fingerprint density at radius 1 is 0.846 bits per heavy atom. The van der Waals surface area contributed by atoms with Crippen LogP contribution >= 0.6 is 0 Å². The molecule has 0 aliphatic heterocycles. The van der Waals surface area contributed by atoms with Crippen LogP contribution in [0.1, 0.15) is 60.8 Å². The quantitative estimate of drug-likeness (QED) is 0.581. The van der Waals surface area contributed by atoms with E-state index in [2.05, 4.69) is 27.7 Å². The van der Waals surface area contributed by atoms with Crippen LogP contribution in [-0.2, 0) is 0 Å². The van der Waals surface area contributed by atoms with Crippen LogP contribution in [0, 0.1) is 23.7 Å². The summed E-state index contributed by atoms with van der Waals surface area (Å²) in [4.78, 5) is 0. The van der Waals surface area contributed by atoms with Crippen molar-refractivity contribution < 1.29 is 0 Å². The highest BCUT2D eigenvalue weighted by Gasteiger charge is 2.25. The highest BCUT2D eigenvalue weighted by molar-refractivity contribution is 4.76. The molecule has 0 aromatic heterocycles. The third-order valence-electron chi connectivity index (χ3n) is 3.64. The molecule has 0 heterocycles. The summed E-state index contributed by atoms with van der Waals surface area (Å²) < 4.78 is 0. The van der Waals surface area contributed by atoms with E-state index in [0.29, 0.717) is 0 Å². The molecular weight excluding hydrogens is 156 g/mol. The Kier molecular flexibility index (Phi) is 5.67. The van der Waals surface area contributed by atoms with Crippen molar-refractivity contribution in [1.82, 2.24) is 0 Å². The maximum absolute atomic E-state index is 2.38. The van der Waals surface area contributed by atoms with Gasteiger partial charge >= 0.3 is 0 Å². The average molecular weight is 184 g/mol. The zero-order valence-electron chi connectivity index (χ0n) is 9.14. The van der Waals surface area contributed by atoms with E-state index in [9.17, 15) is 0 Å². The smallest absolute Gasteiger partial charge is 0.0388 e. The monoisotopic (exact) mass is 184 g/mol. The van der Waals surface area contributed by atoms with E-state index in [1.807, 2.05) is 0 Å². The number of rotatable bonds is 2. The lowest BCUT2D eigenvalue weighted by Gasteiger charge is -2.33. The molecule has 0 N–H and O–H groups in total. The van der Waals surface area contributed by atoms with Gasteiger partial charge in [-0.25, -0.2) is 0 Å². The fourth-order valence-corrected chi connectivity index (χ4v) is 2.48. The molecule has 80 valence electrons. The second-order valence-electron chi connectivity index (χ2n) is 5.17. The first-order chi connectivity index (χ1) is 5.61. The zero-order chi connectivity index (χ0) is 9.14. The van der Waals surface area contributed by atoms with Crippen molar-refractivity contribution in [1.29, 1.82) is 0 Å². The first-order valence-corrected chi connectivity index (χ1v) is 5.61. The van der Waals surface area contributed by atoms with Crippen LogP contribution in [0.25, 0.3) is 0 Å². The van der Waals surface area contributed by atoms with Gasteiger partial charge in [0.15, 0.2) is 0 Å². The van der Waals surface area contributed by atoms with Crippen molar-refractivity contribution in [2.24, 2.45) is 23.7 Å². The summed E-state index contributed by atoms with van der Waals surface area (Å²) in [5, 5.41) is 0. The standard InChI is InChI=1S/C12H24.CH4/c1-9(2)11-6-5-7-12(8-11)10(3)4;/h9-12H,5-8H2,1-4H3;1H4. The van der Waals surface area contributed by atoms with Crippen LogP contribution in [0.15, 0.2) is 0 Å². The molecule has 1 rings (SSSR count). The van der Waals surface area contributed by atoms with Crippen LogP contribution < -0.4 is 0 Å². The Bertz CT molecular complexity index is 110. The third kappa shape index (κ3) is 3.70. The molecule has 2 atom stereocenters. The molecular formula is C13H28. The Hall–Kier alpha value is 0. The lowest BCUT2D eigenvalue weighted by Crippen LogP contribution is -2.22. The van der Waals surface area contributed by atoms with Gasteiger partial charge in [-0.3, -0.25) is 0 Å². The summed E-state index contributed by atoms with van der Waals surface area (Å²) in [5.41, 5.74) is 0. The molecule has 0 nitrogen and oxygen atoms in total. The molecule has 0 aromatic rings. The zero-order valence-corrected chi connectivity index (χ0v) is 9.14. The predicted molar refractivity (Wildman–Crippen MR) is 61.9 cm³/mol. The van der Waals surface area contributed by atoms with E-state index < -0.39 is 0 Å². The predicted octanol–water partition coefficient (Wildman–Crippen LogP) is 4.74. The van der Waals surface area contributed by atoms with Gasteiger partial charge in [-0.2, -0.15) is 0 Å². The van der Waals surface area contributed by atoms with Gasteiger partial charge < -0.3 is 0 Å². The molecule has 13 heavy (non-hydrogen) atoms. The Morgan fingerprint density at radius 2 is 1.23 bits per heavy atom. The maximum Gasteiger partial charge on any atom is -0.0388 e. The summed E-state index contributed by atoms with van der Waals surface area (Å²) in [5.74, 6) is 3.86. The summed E-state index contributed by atoms with van der Waals surface area (Å²) >= 11 is 0. The topological polar surface area (TPSA) is 0 Å². The minimum Gasteiger partial charge on any atom is -0.0776 e. The van der Waals surface area contributed by atoms with Gasteiger partial charge in [0.1, 0.15) is 0 Å². The van der Waals surface area contributed by atoms with Gasteiger partial charge in [-0.05, 0) is 30.1 Å². The van der Waals surface area contributed by atoms with Crippen LogP contribution in [0.3, 0.4) is 0 Å². The maximum atomic E-state index is 2.38. The summed E-state index contributed by atoms with van der Waals surface area (Å²) in [6.45, 7) is 9.53. The van der Waals surface area contributed by atoms with Crippen molar-refractivity contribution >= 4 is 0 Å².